The molecule has 1 saturated heterocycles. The molecule has 0 radical (unpaired) electrons. The number of hydrogen-bond donors (Lipinski definition) is 1. The van der Waals surface area contributed by atoms with Gasteiger partial charge in [0.25, 0.3) is 0 Å². The molecule has 1 aromatic rings. The van der Waals surface area contributed by atoms with Crippen LogP contribution >= 0.6 is 0 Å². The zero-order valence-electron chi connectivity index (χ0n) is 10.2. The highest BCUT2D eigenvalue weighted by atomic mass is 15.2. The number of rotatable bonds is 3. The third kappa shape index (κ3) is 2.19. The summed E-state index contributed by atoms with van der Waals surface area (Å²) in [5, 5.41) is 0. The summed E-state index contributed by atoms with van der Waals surface area (Å²) >= 11 is 0. The van der Waals surface area contributed by atoms with Crippen LogP contribution in [0.3, 0.4) is 0 Å². The Bertz CT molecular complexity index is 362. The smallest absolute Gasteiger partial charge is 0.0445 e. The van der Waals surface area contributed by atoms with Crippen LogP contribution in [0, 0.1) is 12.8 Å². The molecule has 16 heavy (non-hydrogen) atoms. The minimum Gasteiger partial charge on any atom is -0.371 e. The molecule has 1 atom stereocenters. The summed E-state index contributed by atoms with van der Waals surface area (Å²) in [6.45, 7) is 7.23. The molecule has 88 valence electrons. The summed E-state index contributed by atoms with van der Waals surface area (Å²) in [5.41, 5.74) is 9.31. The van der Waals surface area contributed by atoms with E-state index in [1.807, 2.05) is 13.1 Å². The average Bonchev–Trinajstić information content (AvgIpc) is 2.77. The van der Waals surface area contributed by atoms with Crippen molar-refractivity contribution in [3.63, 3.8) is 0 Å². The van der Waals surface area contributed by atoms with E-state index in [4.69, 9.17) is 5.73 Å². The van der Waals surface area contributed by atoms with Gasteiger partial charge >= 0.3 is 0 Å². The van der Waals surface area contributed by atoms with Gasteiger partial charge in [0.15, 0.2) is 0 Å². The van der Waals surface area contributed by atoms with Gasteiger partial charge in [0.05, 0.1) is 0 Å². The normalized spacial score (nSPS) is 20.4. The van der Waals surface area contributed by atoms with Crippen molar-refractivity contribution in [2.75, 3.05) is 18.0 Å². The molecule has 1 unspecified atom stereocenters. The third-order valence-corrected chi connectivity index (χ3v) is 3.52. The molecular weight excluding hydrogens is 198 g/mol. The number of hydrogen-bond acceptors (Lipinski definition) is 3. The van der Waals surface area contributed by atoms with Gasteiger partial charge in [-0.05, 0) is 25.3 Å². The number of aryl methyl sites for hydroxylation is 1. The topological polar surface area (TPSA) is 42.2 Å². The SMILES string of the molecule is CCC1CCN(c2cc(C)ncc2CN)C1. The van der Waals surface area contributed by atoms with Crippen molar-refractivity contribution in [3.05, 3.63) is 23.5 Å². The molecule has 2 N–H and O–H groups in total. The van der Waals surface area contributed by atoms with Crippen LogP contribution in [0.5, 0.6) is 0 Å². The van der Waals surface area contributed by atoms with Crippen LogP contribution < -0.4 is 10.6 Å². The molecular formula is C13H21N3. The molecule has 1 aliphatic heterocycles. The van der Waals surface area contributed by atoms with E-state index in [9.17, 15) is 0 Å². The van der Waals surface area contributed by atoms with Crippen molar-refractivity contribution in [1.29, 1.82) is 0 Å². The van der Waals surface area contributed by atoms with Crippen LogP contribution in [0.4, 0.5) is 5.69 Å². The standard InChI is InChI=1S/C13H21N3/c1-3-11-4-5-16(9-11)13-6-10(2)15-8-12(13)7-14/h6,8,11H,3-5,7,9,14H2,1-2H3. The molecule has 0 spiro atoms. The average molecular weight is 219 g/mol. The molecule has 2 rings (SSSR count). The quantitative estimate of drug-likeness (QED) is 0.846. The summed E-state index contributed by atoms with van der Waals surface area (Å²) in [6, 6.07) is 2.17. The Labute approximate surface area is 97.7 Å². The molecule has 1 aliphatic rings. The van der Waals surface area contributed by atoms with E-state index in [1.54, 1.807) is 0 Å². The predicted octanol–water partition coefficient (Wildman–Crippen LogP) is 2.09. The van der Waals surface area contributed by atoms with Crippen molar-refractivity contribution in [2.24, 2.45) is 11.7 Å². The lowest BCUT2D eigenvalue weighted by molar-refractivity contribution is 0.569. The van der Waals surface area contributed by atoms with Crippen LogP contribution in [0.1, 0.15) is 31.0 Å². The second kappa shape index (κ2) is 4.83. The first-order valence-electron chi connectivity index (χ1n) is 6.15. The first-order chi connectivity index (χ1) is 7.74. The van der Waals surface area contributed by atoms with E-state index in [-0.39, 0.29) is 0 Å². The Morgan fingerprint density at radius 3 is 3.00 bits per heavy atom. The highest BCUT2D eigenvalue weighted by Crippen LogP contribution is 2.28. The fraction of sp³-hybridized carbons (Fsp3) is 0.615. The number of aromatic nitrogens is 1. The summed E-state index contributed by atoms with van der Waals surface area (Å²) in [4.78, 5) is 6.78. The fourth-order valence-corrected chi connectivity index (χ4v) is 2.41. The van der Waals surface area contributed by atoms with E-state index < -0.39 is 0 Å². The molecule has 1 fully saturated rings. The minimum absolute atomic E-state index is 0.579. The molecule has 3 nitrogen and oxygen atoms in total. The second-order valence-corrected chi connectivity index (χ2v) is 4.67. The summed E-state index contributed by atoms with van der Waals surface area (Å²) in [7, 11) is 0. The molecule has 0 aliphatic carbocycles. The molecule has 3 heteroatoms. The van der Waals surface area contributed by atoms with Crippen LogP contribution in [0.2, 0.25) is 0 Å². The minimum atomic E-state index is 0.579. The molecule has 0 aromatic carbocycles. The first-order valence-corrected chi connectivity index (χ1v) is 6.15. The van der Waals surface area contributed by atoms with Gasteiger partial charge in [-0.3, -0.25) is 4.98 Å². The number of nitrogens with two attached hydrogens (primary N) is 1. The van der Waals surface area contributed by atoms with Crippen molar-refractivity contribution in [2.45, 2.75) is 33.2 Å². The van der Waals surface area contributed by atoms with Gasteiger partial charge in [0.2, 0.25) is 0 Å². The van der Waals surface area contributed by atoms with Crippen molar-refractivity contribution in [3.8, 4) is 0 Å². The predicted molar refractivity (Wildman–Crippen MR) is 67.5 cm³/mol. The monoisotopic (exact) mass is 219 g/mol. The number of nitrogens with zero attached hydrogens (tertiary/aromatic N) is 2. The Morgan fingerprint density at radius 2 is 2.38 bits per heavy atom. The van der Waals surface area contributed by atoms with Crippen molar-refractivity contribution < 1.29 is 0 Å². The second-order valence-electron chi connectivity index (χ2n) is 4.67. The van der Waals surface area contributed by atoms with Gasteiger partial charge in [-0.1, -0.05) is 13.3 Å². The maximum Gasteiger partial charge on any atom is 0.0445 e. The van der Waals surface area contributed by atoms with E-state index >= 15 is 0 Å². The van der Waals surface area contributed by atoms with Gasteiger partial charge < -0.3 is 10.6 Å². The lowest BCUT2D eigenvalue weighted by Gasteiger charge is -2.21. The number of anilines is 1. The summed E-state index contributed by atoms with van der Waals surface area (Å²) in [5.74, 6) is 0.846. The van der Waals surface area contributed by atoms with E-state index in [1.165, 1.54) is 30.6 Å². The van der Waals surface area contributed by atoms with Crippen molar-refractivity contribution >= 4 is 5.69 Å². The van der Waals surface area contributed by atoms with Gasteiger partial charge in [-0.15, -0.1) is 0 Å². The van der Waals surface area contributed by atoms with Gasteiger partial charge in [0.1, 0.15) is 0 Å². The zero-order valence-corrected chi connectivity index (χ0v) is 10.2. The fourth-order valence-electron chi connectivity index (χ4n) is 2.41. The van der Waals surface area contributed by atoms with Crippen LogP contribution in [0.25, 0.3) is 0 Å². The summed E-state index contributed by atoms with van der Waals surface area (Å²) in [6.07, 6.45) is 4.50. The van der Waals surface area contributed by atoms with Gasteiger partial charge in [-0.25, -0.2) is 0 Å². The largest absolute Gasteiger partial charge is 0.371 e. The molecule has 0 bridgehead atoms. The Balaban J connectivity index is 2.22. The van der Waals surface area contributed by atoms with Gasteiger partial charge in [0, 0.05) is 42.8 Å². The first kappa shape index (κ1) is 11.4. The number of pyridine rings is 1. The zero-order chi connectivity index (χ0) is 11.5. The highest BCUT2D eigenvalue weighted by Gasteiger charge is 2.22. The maximum absolute atomic E-state index is 5.77. The molecule has 1 aromatic heterocycles. The van der Waals surface area contributed by atoms with Crippen LogP contribution in [-0.2, 0) is 6.54 Å². The Kier molecular flexibility index (Phi) is 3.44. The van der Waals surface area contributed by atoms with Gasteiger partial charge in [-0.2, -0.15) is 0 Å². The van der Waals surface area contributed by atoms with E-state index in [0.717, 1.165) is 18.2 Å². The van der Waals surface area contributed by atoms with E-state index in [0.29, 0.717) is 6.54 Å². The Hall–Kier alpha value is -1.09. The van der Waals surface area contributed by atoms with Crippen LogP contribution in [0.15, 0.2) is 12.3 Å². The van der Waals surface area contributed by atoms with Crippen LogP contribution in [-0.4, -0.2) is 18.1 Å². The van der Waals surface area contributed by atoms with E-state index in [2.05, 4.69) is 22.9 Å². The lowest BCUT2D eigenvalue weighted by Crippen LogP contribution is -2.22. The lowest BCUT2D eigenvalue weighted by atomic mass is 10.1. The highest BCUT2D eigenvalue weighted by molar-refractivity contribution is 5.54. The Morgan fingerprint density at radius 1 is 1.56 bits per heavy atom. The summed E-state index contributed by atoms with van der Waals surface area (Å²) < 4.78 is 0. The molecule has 2 heterocycles. The molecule has 0 saturated carbocycles. The third-order valence-electron chi connectivity index (χ3n) is 3.52. The van der Waals surface area contributed by atoms with Crippen molar-refractivity contribution in [1.82, 2.24) is 4.98 Å². The molecule has 0 amide bonds. The maximum atomic E-state index is 5.77.